The number of carbonyl (C=O) groups excluding carboxylic acids is 1. The number of hydrogen-bond donors (Lipinski definition) is 0. The molecule has 1 unspecified atom stereocenters. The fraction of sp³-hybridized carbons (Fsp3) is 0.545. The number of nitro groups is 1. The molecule has 0 aromatic rings. The average Bonchev–Trinajstić information content (AvgIpc) is 2.36. The lowest BCUT2D eigenvalue weighted by molar-refractivity contribution is -0.432. The van der Waals surface area contributed by atoms with E-state index in [-0.39, 0.29) is 24.3 Å². The first-order chi connectivity index (χ1) is 8.84. The van der Waals surface area contributed by atoms with Gasteiger partial charge >= 0.3 is 5.43 Å². The minimum absolute atomic E-state index is 0.00530. The van der Waals surface area contributed by atoms with Crippen molar-refractivity contribution in [1.82, 2.24) is 0 Å². The Kier molecular flexibility index (Phi) is 4.90. The second-order valence-corrected chi connectivity index (χ2v) is 4.39. The van der Waals surface area contributed by atoms with Gasteiger partial charge in [0, 0.05) is 18.7 Å². The van der Waals surface area contributed by atoms with Gasteiger partial charge in [-0.1, -0.05) is 0 Å². The number of methoxy groups -OCH3 is 2. The summed E-state index contributed by atoms with van der Waals surface area (Å²) in [5.41, 5.74) is -1.82. The molecule has 106 valence electrons. The lowest BCUT2D eigenvalue weighted by atomic mass is 9.89. The van der Waals surface area contributed by atoms with Crippen LogP contribution in [0.3, 0.4) is 0 Å². The van der Waals surface area contributed by atoms with Gasteiger partial charge in [0.15, 0.2) is 0 Å². The normalized spacial score (nSPS) is 22.8. The van der Waals surface area contributed by atoms with Crippen molar-refractivity contribution in [1.29, 1.82) is 0 Å². The van der Waals surface area contributed by atoms with Gasteiger partial charge in [-0.2, -0.15) is 0 Å². The summed E-state index contributed by atoms with van der Waals surface area (Å²) in [6, 6.07) is 0. The van der Waals surface area contributed by atoms with E-state index in [0.29, 0.717) is 5.76 Å². The first kappa shape index (κ1) is 15.5. The van der Waals surface area contributed by atoms with Crippen LogP contribution in [-0.4, -0.2) is 36.8 Å². The largest absolute Gasteiger partial charge is 0.498 e. The van der Waals surface area contributed by atoms with Crippen molar-refractivity contribution >= 4 is 17.0 Å². The van der Waals surface area contributed by atoms with Crippen molar-refractivity contribution in [3.05, 3.63) is 33.2 Å². The third-order valence-electron chi connectivity index (χ3n) is 2.93. The van der Waals surface area contributed by atoms with Crippen LogP contribution in [0.1, 0.15) is 13.3 Å². The first-order valence-corrected chi connectivity index (χ1v) is 5.72. The van der Waals surface area contributed by atoms with Crippen molar-refractivity contribution in [3.8, 4) is 0 Å². The monoisotopic (exact) mass is 291 g/mol. The van der Waals surface area contributed by atoms with Crippen LogP contribution in [0.25, 0.3) is 0 Å². The Morgan fingerprint density at radius 2 is 2.21 bits per heavy atom. The highest BCUT2D eigenvalue weighted by Gasteiger charge is 2.40. The van der Waals surface area contributed by atoms with Crippen molar-refractivity contribution in [2.24, 2.45) is 0 Å². The van der Waals surface area contributed by atoms with E-state index >= 15 is 0 Å². The predicted octanol–water partition coefficient (Wildman–Crippen LogP) is 2.23. The van der Waals surface area contributed by atoms with Crippen molar-refractivity contribution in [2.45, 2.75) is 18.9 Å². The molecule has 1 rings (SSSR count). The summed E-state index contributed by atoms with van der Waals surface area (Å²) in [6.45, 7) is 1.39. The third kappa shape index (κ3) is 3.45. The number of halogens is 1. The fourth-order valence-electron chi connectivity index (χ4n) is 1.80. The summed E-state index contributed by atoms with van der Waals surface area (Å²) in [7, 11) is 2.87. The van der Waals surface area contributed by atoms with Gasteiger partial charge in [-0.3, -0.25) is 10.1 Å². The molecule has 0 amide bonds. The average molecular weight is 292 g/mol. The Hall–Kier alpha value is -1.60. The zero-order valence-electron chi connectivity index (χ0n) is 10.8. The Morgan fingerprint density at radius 3 is 2.63 bits per heavy atom. The van der Waals surface area contributed by atoms with Crippen LogP contribution in [0.5, 0.6) is 0 Å². The maximum atomic E-state index is 11.1. The van der Waals surface area contributed by atoms with Gasteiger partial charge in [0.25, 0.3) is 5.70 Å². The van der Waals surface area contributed by atoms with Gasteiger partial charge in [0.1, 0.15) is 18.0 Å². The van der Waals surface area contributed by atoms with Crippen LogP contribution >= 0.6 is 11.6 Å². The van der Waals surface area contributed by atoms with Gasteiger partial charge in [-0.05, 0) is 13.0 Å². The lowest BCUT2D eigenvalue weighted by Crippen LogP contribution is -2.36. The van der Waals surface area contributed by atoms with Gasteiger partial charge in [-0.25, -0.2) is 4.79 Å². The van der Waals surface area contributed by atoms with E-state index in [1.54, 1.807) is 6.92 Å². The molecular weight excluding hydrogens is 278 g/mol. The number of ether oxygens (including phenoxy) is 3. The molecule has 0 heterocycles. The quantitative estimate of drug-likeness (QED) is 0.438. The molecule has 0 aromatic carbocycles. The van der Waals surface area contributed by atoms with Gasteiger partial charge in [0.05, 0.1) is 24.0 Å². The molecule has 0 radical (unpaired) electrons. The Balaban J connectivity index is 3.14. The van der Waals surface area contributed by atoms with E-state index in [1.807, 2.05) is 0 Å². The molecule has 7 nitrogen and oxygen atoms in total. The molecule has 1 atom stereocenters. The minimum atomic E-state index is -1.03. The molecule has 0 N–H and O–H groups in total. The van der Waals surface area contributed by atoms with E-state index in [2.05, 4.69) is 4.74 Å². The summed E-state index contributed by atoms with van der Waals surface area (Å²) in [6.07, 6.45) is 1.44. The van der Waals surface area contributed by atoms with Crippen molar-refractivity contribution < 1.29 is 23.9 Å². The van der Waals surface area contributed by atoms with E-state index in [1.165, 1.54) is 20.3 Å². The summed E-state index contributed by atoms with van der Waals surface area (Å²) in [5, 5.41) is 11.1. The second-order valence-electron chi connectivity index (χ2n) is 4.08. The van der Waals surface area contributed by atoms with Crippen LogP contribution in [0.4, 0.5) is 4.79 Å². The molecule has 0 aliphatic heterocycles. The topological polar surface area (TPSA) is 87.9 Å². The number of nitrogens with zero attached hydrogens (tertiary/aromatic N) is 1. The Morgan fingerprint density at radius 1 is 1.58 bits per heavy atom. The smallest absolute Gasteiger partial charge is 0.404 e. The predicted molar refractivity (Wildman–Crippen MR) is 66.3 cm³/mol. The molecule has 8 heteroatoms. The van der Waals surface area contributed by atoms with E-state index in [0.717, 1.165) is 0 Å². The lowest BCUT2D eigenvalue weighted by Gasteiger charge is -2.31. The number of hydrogen-bond acceptors (Lipinski definition) is 6. The zero-order valence-corrected chi connectivity index (χ0v) is 11.5. The standard InChI is InChI=1S/C11H14ClNO6/c1-11(18-3)5-8(13(15)16)7(4-9(11)17-2)6-19-10(12)14/h4H,5-6H2,1-3H3. The summed E-state index contributed by atoms with van der Waals surface area (Å²) in [4.78, 5) is 21.1. The fourth-order valence-corrected chi connectivity index (χ4v) is 1.86. The second kappa shape index (κ2) is 6.03. The number of carbonyl (C=O) groups is 1. The van der Waals surface area contributed by atoms with Gasteiger partial charge < -0.3 is 14.2 Å². The zero-order chi connectivity index (χ0) is 14.6. The van der Waals surface area contributed by atoms with E-state index in [4.69, 9.17) is 21.1 Å². The molecule has 1 aliphatic carbocycles. The summed E-state index contributed by atoms with van der Waals surface area (Å²) in [5.74, 6) is 0.418. The molecule has 0 aromatic heterocycles. The van der Waals surface area contributed by atoms with Crippen molar-refractivity contribution in [3.63, 3.8) is 0 Å². The Labute approximate surface area is 114 Å². The van der Waals surface area contributed by atoms with Crippen LogP contribution in [0.2, 0.25) is 0 Å². The molecule has 1 aliphatic rings. The first-order valence-electron chi connectivity index (χ1n) is 5.34. The van der Waals surface area contributed by atoms with Gasteiger partial charge in [0.2, 0.25) is 0 Å². The Bertz CT molecular complexity index is 458. The van der Waals surface area contributed by atoms with Gasteiger partial charge in [-0.15, -0.1) is 0 Å². The maximum absolute atomic E-state index is 11.1. The SMILES string of the molecule is COC1=CC(COC(=O)Cl)=C([N+](=O)[O-])CC1(C)OC. The minimum Gasteiger partial charge on any atom is -0.498 e. The van der Waals surface area contributed by atoms with E-state index < -0.39 is 16.0 Å². The van der Waals surface area contributed by atoms with Crippen LogP contribution < -0.4 is 0 Å². The highest BCUT2D eigenvalue weighted by atomic mass is 35.5. The number of rotatable bonds is 5. The third-order valence-corrected chi connectivity index (χ3v) is 3.04. The van der Waals surface area contributed by atoms with Crippen molar-refractivity contribution in [2.75, 3.05) is 20.8 Å². The molecule has 0 saturated carbocycles. The highest BCUT2D eigenvalue weighted by Crippen LogP contribution is 2.35. The summed E-state index contributed by atoms with van der Waals surface area (Å²) >= 11 is 5.05. The maximum Gasteiger partial charge on any atom is 0.404 e. The highest BCUT2D eigenvalue weighted by molar-refractivity contribution is 6.61. The molecule has 0 saturated heterocycles. The van der Waals surface area contributed by atoms with Crippen LogP contribution in [-0.2, 0) is 14.2 Å². The molecule has 0 fully saturated rings. The molecule has 0 spiro atoms. The van der Waals surface area contributed by atoms with E-state index in [9.17, 15) is 14.9 Å². The molecular formula is C11H14ClNO6. The summed E-state index contributed by atoms with van der Waals surface area (Å²) < 4.78 is 15.0. The molecule has 0 bridgehead atoms. The van der Waals surface area contributed by atoms with Crippen LogP contribution in [0.15, 0.2) is 23.1 Å². The molecule has 19 heavy (non-hydrogen) atoms. The van der Waals surface area contributed by atoms with Crippen LogP contribution in [0, 0.1) is 10.1 Å².